The predicted molar refractivity (Wildman–Crippen MR) is 61.7 cm³/mol. The first kappa shape index (κ1) is 12.3. The molecule has 0 amide bonds. The van der Waals surface area contributed by atoms with Crippen molar-refractivity contribution < 1.29 is 9.47 Å². The van der Waals surface area contributed by atoms with Crippen LogP contribution in [0, 0.1) is 0 Å². The fraction of sp³-hybridized carbons (Fsp3) is 0.455. The molecule has 1 atom stereocenters. The summed E-state index contributed by atoms with van der Waals surface area (Å²) >= 11 is 5.95. The van der Waals surface area contributed by atoms with Gasteiger partial charge in [-0.05, 0) is 19.2 Å². The Hall–Kier alpha value is -0.770. The maximum Gasteiger partial charge on any atom is 0.137 e. The second kappa shape index (κ2) is 6.67. The van der Waals surface area contributed by atoms with Crippen LogP contribution in [0.2, 0.25) is 5.02 Å². The summed E-state index contributed by atoms with van der Waals surface area (Å²) in [7, 11) is 3.54. The number of likely N-dealkylation sites (N-methyl/N-ethyl adjacent to an activating group) is 1. The van der Waals surface area contributed by atoms with Gasteiger partial charge in [-0.25, -0.2) is 0 Å². The molecular formula is C11H16ClNO2. The number of hydrogen-bond acceptors (Lipinski definition) is 3. The molecule has 4 heteroatoms. The van der Waals surface area contributed by atoms with E-state index in [9.17, 15) is 0 Å². The Balaban J connectivity index is 2.45. The second-order valence-corrected chi connectivity index (χ2v) is 3.59. The van der Waals surface area contributed by atoms with Crippen LogP contribution in [-0.4, -0.2) is 33.4 Å². The Kier molecular flexibility index (Phi) is 5.47. The number of rotatable bonds is 6. The molecule has 3 nitrogen and oxygen atoms in total. The van der Waals surface area contributed by atoms with Crippen LogP contribution in [-0.2, 0) is 4.74 Å². The zero-order chi connectivity index (χ0) is 11.1. The van der Waals surface area contributed by atoms with E-state index in [-0.39, 0.29) is 6.04 Å². The van der Waals surface area contributed by atoms with Crippen LogP contribution in [0.15, 0.2) is 24.3 Å². The Bertz CT molecular complexity index is 294. The first-order valence-corrected chi connectivity index (χ1v) is 5.19. The van der Waals surface area contributed by atoms with Crippen molar-refractivity contribution in [2.24, 2.45) is 0 Å². The highest BCUT2D eigenvalue weighted by Crippen LogP contribution is 2.22. The monoisotopic (exact) mass is 229 g/mol. The number of methoxy groups -OCH3 is 1. The van der Waals surface area contributed by atoms with Crippen molar-refractivity contribution in [1.29, 1.82) is 0 Å². The fourth-order valence-corrected chi connectivity index (χ4v) is 1.36. The predicted octanol–water partition coefficient (Wildman–Crippen LogP) is 1.95. The lowest BCUT2D eigenvalue weighted by Crippen LogP contribution is -2.35. The van der Waals surface area contributed by atoms with Crippen LogP contribution in [0.1, 0.15) is 0 Å². The average Bonchev–Trinajstić information content (AvgIpc) is 2.26. The topological polar surface area (TPSA) is 30.5 Å². The summed E-state index contributed by atoms with van der Waals surface area (Å²) in [5, 5.41) is 3.73. The zero-order valence-electron chi connectivity index (χ0n) is 9.00. The van der Waals surface area contributed by atoms with E-state index in [1.807, 2.05) is 31.3 Å². The van der Waals surface area contributed by atoms with Crippen LogP contribution < -0.4 is 10.1 Å². The maximum atomic E-state index is 5.95. The van der Waals surface area contributed by atoms with Gasteiger partial charge >= 0.3 is 0 Å². The molecule has 1 rings (SSSR count). The molecule has 0 aliphatic rings. The lowest BCUT2D eigenvalue weighted by Gasteiger charge is -2.16. The van der Waals surface area contributed by atoms with E-state index >= 15 is 0 Å². The third-order valence-electron chi connectivity index (χ3n) is 2.05. The average molecular weight is 230 g/mol. The van der Waals surface area contributed by atoms with Gasteiger partial charge in [0.2, 0.25) is 0 Å². The van der Waals surface area contributed by atoms with Gasteiger partial charge in [-0.15, -0.1) is 0 Å². The molecule has 0 spiro atoms. The molecular weight excluding hydrogens is 214 g/mol. The van der Waals surface area contributed by atoms with Gasteiger partial charge in [0.25, 0.3) is 0 Å². The Morgan fingerprint density at radius 1 is 1.33 bits per heavy atom. The van der Waals surface area contributed by atoms with Crippen LogP contribution in [0.25, 0.3) is 0 Å². The third-order valence-corrected chi connectivity index (χ3v) is 2.37. The van der Waals surface area contributed by atoms with Gasteiger partial charge in [0.15, 0.2) is 0 Å². The van der Waals surface area contributed by atoms with Crippen LogP contribution in [0.4, 0.5) is 0 Å². The third kappa shape index (κ3) is 4.08. The standard InChI is InChI=1S/C11H16ClNO2/c1-13-9(7-14-2)8-15-11-6-4-3-5-10(11)12/h3-6,9,13H,7-8H2,1-2H3. The van der Waals surface area contributed by atoms with Crippen molar-refractivity contribution in [2.45, 2.75) is 6.04 Å². The van der Waals surface area contributed by atoms with E-state index < -0.39 is 0 Å². The van der Waals surface area contributed by atoms with Crippen molar-refractivity contribution in [3.05, 3.63) is 29.3 Å². The molecule has 0 aromatic heterocycles. The van der Waals surface area contributed by atoms with Gasteiger partial charge < -0.3 is 14.8 Å². The van der Waals surface area contributed by atoms with Crippen molar-refractivity contribution in [3.63, 3.8) is 0 Å². The van der Waals surface area contributed by atoms with Crippen molar-refractivity contribution in [3.8, 4) is 5.75 Å². The van der Waals surface area contributed by atoms with Crippen LogP contribution >= 0.6 is 11.6 Å². The van der Waals surface area contributed by atoms with Crippen molar-refractivity contribution >= 4 is 11.6 Å². The van der Waals surface area contributed by atoms with Gasteiger partial charge in [0.1, 0.15) is 12.4 Å². The minimum atomic E-state index is 0.172. The summed E-state index contributed by atoms with van der Waals surface area (Å²) in [6.45, 7) is 1.15. The van der Waals surface area contributed by atoms with Crippen LogP contribution in [0.5, 0.6) is 5.75 Å². The molecule has 1 aromatic carbocycles. The molecule has 84 valence electrons. The summed E-state index contributed by atoms with van der Waals surface area (Å²) in [5.74, 6) is 0.704. The normalized spacial score (nSPS) is 12.5. The molecule has 0 saturated carbocycles. The Labute approximate surface area is 95.3 Å². The van der Waals surface area contributed by atoms with E-state index in [4.69, 9.17) is 21.1 Å². The number of benzene rings is 1. The minimum absolute atomic E-state index is 0.172. The SMILES string of the molecule is CNC(COC)COc1ccccc1Cl. The number of halogens is 1. The zero-order valence-corrected chi connectivity index (χ0v) is 9.75. The van der Waals surface area contributed by atoms with Crippen molar-refractivity contribution in [1.82, 2.24) is 5.32 Å². The molecule has 15 heavy (non-hydrogen) atoms. The molecule has 0 heterocycles. The summed E-state index contributed by atoms with van der Waals surface area (Å²) in [6, 6.07) is 7.60. The number of nitrogens with one attached hydrogen (secondary N) is 1. The lowest BCUT2D eigenvalue weighted by molar-refractivity contribution is 0.140. The first-order chi connectivity index (χ1) is 7.27. The van der Waals surface area contributed by atoms with E-state index in [2.05, 4.69) is 5.32 Å². The molecule has 0 radical (unpaired) electrons. The second-order valence-electron chi connectivity index (χ2n) is 3.18. The fourth-order valence-electron chi connectivity index (χ4n) is 1.17. The molecule has 0 bridgehead atoms. The summed E-state index contributed by atoms with van der Waals surface area (Å²) in [5.41, 5.74) is 0. The van der Waals surface area contributed by atoms with E-state index in [1.54, 1.807) is 7.11 Å². The van der Waals surface area contributed by atoms with Gasteiger partial charge in [0, 0.05) is 7.11 Å². The molecule has 1 unspecified atom stereocenters. The number of ether oxygens (including phenoxy) is 2. The van der Waals surface area contributed by atoms with Crippen molar-refractivity contribution in [2.75, 3.05) is 27.4 Å². The number of para-hydroxylation sites is 1. The minimum Gasteiger partial charge on any atom is -0.490 e. The van der Waals surface area contributed by atoms with E-state index in [1.165, 1.54) is 0 Å². The van der Waals surface area contributed by atoms with Gasteiger partial charge in [-0.1, -0.05) is 23.7 Å². The Morgan fingerprint density at radius 3 is 2.67 bits per heavy atom. The first-order valence-electron chi connectivity index (χ1n) is 4.81. The molecule has 0 aliphatic carbocycles. The van der Waals surface area contributed by atoms with E-state index in [0.717, 1.165) is 0 Å². The smallest absolute Gasteiger partial charge is 0.137 e. The number of hydrogen-bond donors (Lipinski definition) is 1. The highest BCUT2D eigenvalue weighted by atomic mass is 35.5. The van der Waals surface area contributed by atoms with Gasteiger partial charge in [-0.3, -0.25) is 0 Å². The summed E-state index contributed by atoms with van der Waals surface area (Å²) in [6.07, 6.45) is 0. The molecule has 0 aliphatic heterocycles. The highest BCUT2D eigenvalue weighted by Gasteiger charge is 2.07. The largest absolute Gasteiger partial charge is 0.490 e. The highest BCUT2D eigenvalue weighted by molar-refractivity contribution is 6.32. The maximum absolute atomic E-state index is 5.95. The van der Waals surface area contributed by atoms with Gasteiger partial charge in [0.05, 0.1) is 17.7 Å². The van der Waals surface area contributed by atoms with E-state index in [0.29, 0.717) is 24.0 Å². The molecule has 0 saturated heterocycles. The Morgan fingerprint density at radius 2 is 2.07 bits per heavy atom. The molecule has 1 N–H and O–H groups in total. The summed E-state index contributed by atoms with van der Waals surface area (Å²) in [4.78, 5) is 0. The quantitative estimate of drug-likeness (QED) is 0.809. The molecule has 1 aromatic rings. The van der Waals surface area contributed by atoms with Gasteiger partial charge in [-0.2, -0.15) is 0 Å². The summed E-state index contributed by atoms with van der Waals surface area (Å²) < 4.78 is 10.6. The lowest BCUT2D eigenvalue weighted by atomic mass is 10.3. The molecule has 0 fully saturated rings. The van der Waals surface area contributed by atoms with Crippen LogP contribution in [0.3, 0.4) is 0 Å².